The van der Waals surface area contributed by atoms with Gasteiger partial charge in [-0.1, -0.05) is 36.4 Å². The third kappa shape index (κ3) is 3.99. The summed E-state index contributed by atoms with van der Waals surface area (Å²) in [6.07, 6.45) is 0.400. The highest BCUT2D eigenvalue weighted by Crippen LogP contribution is 2.26. The molecule has 2 aromatic carbocycles. The maximum absolute atomic E-state index is 13.9. The molecule has 1 amide bonds. The van der Waals surface area contributed by atoms with Crippen LogP contribution in [0.2, 0.25) is 0 Å². The van der Waals surface area contributed by atoms with Crippen molar-refractivity contribution in [3.8, 4) is 0 Å². The molecule has 4 rings (SSSR count). The second-order valence-corrected chi connectivity index (χ2v) is 8.02. The van der Waals surface area contributed by atoms with Crippen LogP contribution in [-0.2, 0) is 17.8 Å². The number of carbonyl (C=O) groups excluding carboxylic acids is 1. The highest BCUT2D eigenvalue weighted by molar-refractivity contribution is 7.15. The van der Waals surface area contributed by atoms with E-state index >= 15 is 0 Å². The first kappa shape index (κ1) is 19.9. The standard InChI is InChI=1S/C22H19FN4O2S/c1-13-16-8-4-5-9-17(16)21(29)27(26-13)12-20(28)25-22-24-14(2)19(30-22)11-15-7-3-6-10-18(15)23/h3-10H,11-12H2,1-2H3,(H,24,25,28). The zero-order valence-corrected chi connectivity index (χ0v) is 17.3. The molecule has 0 aliphatic heterocycles. The van der Waals surface area contributed by atoms with Crippen molar-refractivity contribution >= 4 is 33.1 Å². The van der Waals surface area contributed by atoms with Crippen LogP contribution in [0.4, 0.5) is 9.52 Å². The van der Waals surface area contributed by atoms with Crippen molar-refractivity contribution in [3.05, 3.63) is 86.5 Å². The first-order chi connectivity index (χ1) is 14.4. The quantitative estimate of drug-likeness (QED) is 0.530. The molecule has 0 aliphatic carbocycles. The van der Waals surface area contributed by atoms with E-state index in [-0.39, 0.29) is 17.9 Å². The van der Waals surface area contributed by atoms with Crippen LogP contribution in [0.15, 0.2) is 53.3 Å². The number of carbonyl (C=O) groups is 1. The van der Waals surface area contributed by atoms with Crippen LogP contribution in [0.5, 0.6) is 0 Å². The second kappa shape index (κ2) is 8.16. The molecule has 0 fully saturated rings. The Morgan fingerprint density at radius 1 is 1.07 bits per heavy atom. The highest BCUT2D eigenvalue weighted by Gasteiger charge is 2.15. The minimum absolute atomic E-state index is 0.216. The smallest absolute Gasteiger partial charge is 0.275 e. The molecule has 0 bridgehead atoms. The van der Waals surface area contributed by atoms with E-state index in [1.165, 1.54) is 17.4 Å². The summed E-state index contributed by atoms with van der Waals surface area (Å²) in [4.78, 5) is 30.4. The lowest BCUT2D eigenvalue weighted by molar-refractivity contribution is -0.117. The molecule has 2 aromatic heterocycles. The van der Waals surface area contributed by atoms with Crippen LogP contribution in [0, 0.1) is 19.7 Å². The van der Waals surface area contributed by atoms with Crippen LogP contribution in [0.25, 0.3) is 10.8 Å². The summed E-state index contributed by atoms with van der Waals surface area (Å²) >= 11 is 1.29. The summed E-state index contributed by atoms with van der Waals surface area (Å²) in [6, 6.07) is 13.8. The number of fused-ring (bicyclic) bond motifs is 1. The Labute approximate surface area is 176 Å². The summed E-state index contributed by atoms with van der Waals surface area (Å²) in [6.45, 7) is 3.40. The van der Waals surface area contributed by atoms with Crippen LogP contribution < -0.4 is 10.9 Å². The molecule has 152 valence electrons. The Morgan fingerprint density at radius 2 is 1.77 bits per heavy atom. The number of nitrogens with zero attached hydrogens (tertiary/aromatic N) is 3. The van der Waals surface area contributed by atoms with E-state index in [1.54, 1.807) is 37.3 Å². The molecular weight excluding hydrogens is 403 g/mol. The van der Waals surface area contributed by atoms with Crippen molar-refractivity contribution in [1.82, 2.24) is 14.8 Å². The van der Waals surface area contributed by atoms with Gasteiger partial charge in [0.2, 0.25) is 5.91 Å². The minimum Gasteiger partial charge on any atom is -0.300 e. The number of hydrogen-bond acceptors (Lipinski definition) is 5. The molecule has 4 aromatic rings. The molecule has 0 aliphatic rings. The van der Waals surface area contributed by atoms with Gasteiger partial charge in [0.05, 0.1) is 16.8 Å². The Bertz CT molecular complexity index is 1310. The summed E-state index contributed by atoms with van der Waals surface area (Å²) in [7, 11) is 0. The van der Waals surface area contributed by atoms with Crippen LogP contribution in [0.1, 0.15) is 21.8 Å². The zero-order valence-electron chi connectivity index (χ0n) is 16.5. The fraction of sp³-hybridized carbons (Fsp3) is 0.182. The molecule has 0 radical (unpaired) electrons. The van der Waals surface area contributed by atoms with Gasteiger partial charge in [-0.05, 0) is 31.5 Å². The largest absolute Gasteiger partial charge is 0.300 e. The van der Waals surface area contributed by atoms with Gasteiger partial charge in [0.1, 0.15) is 12.4 Å². The number of benzene rings is 2. The van der Waals surface area contributed by atoms with Gasteiger partial charge in [-0.25, -0.2) is 14.1 Å². The van der Waals surface area contributed by atoms with E-state index in [0.717, 1.165) is 20.6 Å². The van der Waals surface area contributed by atoms with E-state index in [4.69, 9.17) is 0 Å². The van der Waals surface area contributed by atoms with Crippen molar-refractivity contribution < 1.29 is 9.18 Å². The molecule has 0 saturated carbocycles. The van der Waals surface area contributed by atoms with E-state index in [9.17, 15) is 14.0 Å². The monoisotopic (exact) mass is 422 g/mol. The first-order valence-corrected chi connectivity index (χ1v) is 10.2. The molecule has 0 unspecified atom stereocenters. The molecule has 0 atom stereocenters. The Hall–Kier alpha value is -3.39. The topological polar surface area (TPSA) is 76.9 Å². The normalized spacial score (nSPS) is 11.0. The lowest BCUT2D eigenvalue weighted by Crippen LogP contribution is -2.30. The molecule has 2 heterocycles. The van der Waals surface area contributed by atoms with Crippen molar-refractivity contribution in [2.75, 3.05) is 5.32 Å². The predicted molar refractivity (Wildman–Crippen MR) is 115 cm³/mol. The number of nitrogens with one attached hydrogen (secondary N) is 1. The SMILES string of the molecule is Cc1nc(NC(=O)Cn2nc(C)c3ccccc3c2=O)sc1Cc1ccccc1F. The van der Waals surface area contributed by atoms with Gasteiger partial charge in [0, 0.05) is 16.7 Å². The Balaban J connectivity index is 1.51. The highest BCUT2D eigenvalue weighted by atomic mass is 32.1. The number of halogens is 1. The number of anilines is 1. The number of hydrogen-bond donors (Lipinski definition) is 1. The number of rotatable bonds is 5. The fourth-order valence-electron chi connectivity index (χ4n) is 3.27. The zero-order chi connectivity index (χ0) is 21.3. The Morgan fingerprint density at radius 3 is 2.53 bits per heavy atom. The van der Waals surface area contributed by atoms with Crippen molar-refractivity contribution in [2.24, 2.45) is 0 Å². The maximum Gasteiger partial charge on any atom is 0.275 e. The van der Waals surface area contributed by atoms with E-state index < -0.39 is 5.91 Å². The van der Waals surface area contributed by atoms with Gasteiger partial charge in [0.15, 0.2) is 5.13 Å². The van der Waals surface area contributed by atoms with Gasteiger partial charge < -0.3 is 5.32 Å². The average molecular weight is 422 g/mol. The molecule has 6 nitrogen and oxygen atoms in total. The number of amides is 1. The molecule has 0 spiro atoms. The second-order valence-electron chi connectivity index (χ2n) is 6.94. The van der Waals surface area contributed by atoms with Gasteiger partial charge in [0.25, 0.3) is 5.56 Å². The summed E-state index contributed by atoms with van der Waals surface area (Å²) in [5.74, 6) is -0.668. The molecule has 8 heteroatoms. The van der Waals surface area contributed by atoms with E-state index in [2.05, 4.69) is 15.4 Å². The van der Waals surface area contributed by atoms with E-state index in [0.29, 0.717) is 28.2 Å². The summed E-state index contributed by atoms with van der Waals surface area (Å²) in [5.41, 5.74) is 1.66. The van der Waals surface area contributed by atoms with Crippen LogP contribution >= 0.6 is 11.3 Å². The van der Waals surface area contributed by atoms with Crippen LogP contribution in [0.3, 0.4) is 0 Å². The van der Waals surface area contributed by atoms with Gasteiger partial charge in [-0.2, -0.15) is 5.10 Å². The number of thiazole rings is 1. The summed E-state index contributed by atoms with van der Waals surface area (Å²) in [5, 5.41) is 8.68. The third-order valence-electron chi connectivity index (χ3n) is 4.79. The van der Waals surface area contributed by atoms with Gasteiger partial charge in [-0.3, -0.25) is 9.59 Å². The number of aryl methyl sites for hydroxylation is 2. The summed E-state index contributed by atoms with van der Waals surface area (Å²) < 4.78 is 15.1. The third-order valence-corrected chi connectivity index (χ3v) is 5.87. The lowest BCUT2D eigenvalue weighted by atomic mass is 10.1. The van der Waals surface area contributed by atoms with Crippen molar-refractivity contribution in [1.29, 1.82) is 0 Å². The van der Waals surface area contributed by atoms with Gasteiger partial charge in [-0.15, -0.1) is 11.3 Å². The van der Waals surface area contributed by atoms with Gasteiger partial charge >= 0.3 is 0 Å². The maximum atomic E-state index is 13.9. The minimum atomic E-state index is -0.398. The Kier molecular flexibility index (Phi) is 5.41. The number of aromatic nitrogens is 3. The fourth-order valence-corrected chi connectivity index (χ4v) is 4.27. The molecular formula is C22H19FN4O2S. The average Bonchev–Trinajstić information content (AvgIpc) is 3.06. The lowest BCUT2D eigenvalue weighted by Gasteiger charge is -2.08. The van der Waals surface area contributed by atoms with E-state index in [1.807, 2.05) is 19.1 Å². The van der Waals surface area contributed by atoms with Crippen molar-refractivity contribution in [2.45, 2.75) is 26.8 Å². The predicted octanol–water partition coefficient (Wildman–Crippen LogP) is 3.84. The first-order valence-electron chi connectivity index (χ1n) is 9.38. The molecule has 30 heavy (non-hydrogen) atoms. The molecule has 1 N–H and O–H groups in total. The van der Waals surface area contributed by atoms with Crippen LogP contribution in [-0.4, -0.2) is 20.7 Å². The van der Waals surface area contributed by atoms with Crippen molar-refractivity contribution in [3.63, 3.8) is 0 Å². The molecule has 0 saturated heterocycles.